The second-order valence-electron chi connectivity index (χ2n) is 6.29. The number of amides is 1. The van der Waals surface area contributed by atoms with Crippen molar-refractivity contribution in [3.05, 3.63) is 35.7 Å². The average Bonchev–Trinajstić information content (AvgIpc) is 3.18. The van der Waals surface area contributed by atoms with Gasteiger partial charge in [0.15, 0.2) is 5.69 Å². The van der Waals surface area contributed by atoms with Crippen molar-refractivity contribution in [1.29, 1.82) is 0 Å². The zero-order valence-corrected chi connectivity index (χ0v) is 15.8. The van der Waals surface area contributed by atoms with Crippen molar-refractivity contribution in [2.45, 2.75) is 31.9 Å². The molecule has 30 heavy (non-hydrogen) atoms. The molecule has 1 aromatic carbocycles. The van der Waals surface area contributed by atoms with Gasteiger partial charge >= 0.3 is 12.1 Å². The highest BCUT2D eigenvalue weighted by molar-refractivity contribution is 5.95. The summed E-state index contributed by atoms with van der Waals surface area (Å²) >= 11 is 0. The summed E-state index contributed by atoms with van der Waals surface area (Å²) in [7, 11) is 0. The minimum Gasteiger partial charge on any atom is -0.491 e. The molecule has 8 nitrogen and oxygen atoms in total. The summed E-state index contributed by atoms with van der Waals surface area (Å²) in [6.45, 7) is -1.69. The van der Waals surface area contributed by atoms with Gasteiger partial charge in [-0.2, -0.15) is 13.2 Å². The van der Waals surface area contributed by atoms with Gasteiger partial charge in [-0.15, -0.1) is 5.10 Å². The summed E-state index contributed by atoms with van der Waals surface area (Å²) in [5.41, 5.74) is -0.140. The number of alkyl halides is 4. The van der Waals surface area contributed by atoms with Crippen molar-refractivity contribution >= 4 is 11.9 Å². The fourth-order valence-electron chi connectivity index (χ4n) is 2.45. The molecule has 0 aliphatic carbocycles. The zero-order valence-electron chi connectivity index (χ0n) is 15.8. The van der Waals surface area contributed by atoms with Crippen LogP contribution in [-0.4, -0.2) is 58.0 Å². The third-order valence-electron chi connectivity index (χ3n) is 3.92. The number of rotatable bonds is 11. The first-order chi connectivity index (χ1) is 14.2. The molecule has 0 unspecified atom stereocenters. The van der Waals surface area contributed by atoms with Crippen LogP contribution in [0, 0.1) is 0 Å². The number of benzene rings is 1. The SMILES string of the molecule is O=C(NCC(F)(F)F)c1ccc(-n2cc(C(=O)O)nn2)c(OCCCCCCF)c1. The van der Waals surface area contributed by atoms with E-state index in [1.807, 2.05) is 0 Å². The lowest BCUT2D eigenvalue weighted by atomic mass is 10.1. The Hall–Kier alpha value is -3.18. The van der Waals surface area contributed by atoms with Crippen molar-refractivity contribution in [3.8, 4) is 11.4 Å². The summed E-state index contributed by atoms with van der Waals surface area (Å²) in [6.07, 6.45) is -1.01. The maximum atomic E-state index is 12.3. The topological polar surface area (TPSA) is 106 Å². The standard InChI is InChI=1S/C18H20F4N4O4/c19-7-3-1-2-4-8-30-15-9-12(16(27)23-11-18(20,21)22)5-6-14(15)26-10-13(17(28)29)24-25-26/h5-6,9-10H,1-4,7-8,11H2,(H,23,27)(H,28,29). The molecule has 0 saturated carbocycles. The first kappa shape index (κ1) is 23.1. The van der Waals surface area contributed by atoms with Gasteiger partial charge in [0, 0.05) is 5.56 Å². The van der Waals surface area contributed by atoms with Gasteiger partial charge in [-0.25, -0.2) is 9.48 Å². The number of hydrogen-bond donors (Lipinski definition) is 2. The number of carboxylic acids is 1. The molecule has 0 fully saturated rings. The summed E-state index contributed by atoms with van der Waals surface area (Å²) in [4.78, 5) is 23.0. The molecule has 12 heteroatoms. The van der Waals surface area contributed by atoms with E-state index in [2.05, 4.69) is 10.3 Å². The number of aromatic nitrogens is 3. The van der Waals surface area contributed by atoms with Crippen LogP contribution in [0.3, 0.4) is 0 Å². The Morgan fingerprint density at radius 3 is 2.53 bits per heavy atom. The van der Waals surface area contributed by atoms with Crippen LogP contribution in [0.1, 0.15) is 46.5 Å². The Morgan fingerprint density at radius 1 is 1.17 bits per heavy atom. The Balaban J connectivity index is 2.20. The van der Waals surface area contributed by atoms with Gasteiger partial charge in [-0.3, -0.25) is 9.18 Å². The molecular formula is C18H20F4N4O4. The number of carbonyl (C=O) groups is 2. The van der Waals surface area contributed by atoms with E-state index in [9.17, 15) is 27.2 Å². The Kier molecular flexibility index (Phi) is 8.13. The van der Waals surface area contributed by atoms with Crippen molar-refractivity contribution in [2.24, 2.45) is 0 Å². The number of carbonyl (C=O) groups excluding carboxylic acids is 1. The van der Waals surface area contributed by atoms with Gasteiger partial charge in [0.2, 0.25) is 0 Å². The molecule has 0 saturated heterocycles. The maximum Gasteiger partial charge on any atom is 0.405 e. The number of aromatic carboxylic acids is 1. The molecule has 0 bridgehead atoms. The third-order valence-corrected chi connectivity index (χ3v) is 3.92. The maximum absolute atomic E-state index is 12.3. The molecule has 164 valence electrons. The van der Waals surface area contributed by atoms with E-state index >= 15 is 0 Å². The zero-order chi connectivity index (χ0) is 22.1. The van der Waals surface area contributed by atoms with E-state index in [-0.39, 0.29) is 29.3 Å². The molecule has 0 spiro atoms. The molecule has 1 heterocycles. The summed E-state index contributed by atoms with van der Waals surface area (Å²) < 4.78 is 55.9. The highest BCUT2D eigenvalue weighted by Crippen LogP contribution is 2.25. The number of carboxylic acid groups (broad SMARTS) is 1. The van der Waals surface area contributed by atoms with Crippen LogP contribution in [0.5, 0.6) is 5.75 Å². The van der Waals surface area contributed by atoms with Crippen molar-refractivity contribution in [3.63, 3.8) is 0 Å². The summed E-state index contributed by atoms with van der Waals surface area (Å²) in [5, 5.41) is 17.9. The van der Waals surface area contributed by atoms with Crippen LogP contribution < -0.4 is 10.1 Å². The fourth-order valence-corrected chi connectivity index (χ4v) is 2.45. The lowest BCUT2D eigenvalue weighted by Crippen LogP contribution is -2.33. The van der Waals surface area contributed by atoms with Gasteiger partial charge in [-0.05, 0) is 37.5 Å². The molecule has 2 N–H and O–H groups in total. The predicted molar refractivity (Wildman–Crippen MR) is 96.6 cm³/mol. The number of halogens is 4. The molecule has 0 atom stereocenters. The van der Waals surface area contributed by atoms with Crippen LogP contribution >= 0.6 is 0 Å². The van der Waals surface area contributed by atoms with E-state index in [1.165, 1.54) is 18.2 Å². The van der Waals surface area contributed by atoms with E-state index in [4.69, 9.17) is 9.84 Å². The minimum atomic E-state index is -4.55. The first-order valence-electron chi connectivity index (χ1n) is 9.05. The predicted octanol–water partition coefficient (Wildman–Crippen LogP) is 3.17. The molecule has 0 aliphatic heterocycles. The van der Waals surface area contributed by atoms with Gasteiger partial charge in [0.05, 0.1) is 19.5 Å². The Morgan fingerprint density at radius 2 is 1.90 bits per heavy atom. The molecule has 0 radical (unpaired) electrons. The number of hydrogen-bond acceptors (Lipinski definition) is 5. The van der Waals surface area contributed by atoms with Gasteiger partial charge in [-0.1, -0.05) is 11.6 Å². The van der Waals surface area contributed by atoms with Crippen LogP contribution in [0.25, 0.3) is 5.69 Å². The largest absolute Gasteiger partial charge is 0.491 e. The molecule has 0 aliphatic rings. The summed E-state index contributed by atoms with van der Waals surface area (Å²) in [5.74, 6) is -2.13. The van der Waals surface area contributed by atoms with E-state index in [1.54, 1.807) is 5.32 Å². The summed E-state index contributed by atoms with van der Waals surface area (Å²) in [6, 6.07) is 3.86. The minimum absolute atomic E-state index is 0.0750. The van der Waals surface area contributed by atoms with Crippen LogP contribution in [0.2, 0.25) is 0 Å². The quantitative estimate of drug-likeness (QED) is 0.417. The lowest BCUT2D eigenvalue weighted by Gasteiger charge is -2.13. The monoisotopic (exact) mass is 432 g/mol. The molecule has 2 aromatic rings. The van der Waals surface area contributed by atoms with Gasteiger partial charge < -0.3 is 15.2 Å². The second kappa shape index (κ2) is 10.6. The number of ether oxygens (including phenoxy) is 1. The number of nitrogens with one attached hydrogen (secondary N) is 1. The normalized spacial score (nSPS) is 11.3. The first-order valence-corrected chi connectivity index (χ1v) is 9.05. The number of unbranched alkanes of at least 4 members (excludes halogenated alkanes) is 3. The van der Waals surface area contributed by atoms with E-state index < -0.39 is 31.3 Å². The Bertz CT molecular complexity index is 870. The molecule has 1 aromatic heterocycles. The lowest BCUT2D eigenvalue weighted by molar-refractivity contribution is -0.123. The molecule has 1 amide bonds. The highest BCUT2D eigenvalue weighted by atomic mass is 19.4. The van der Waals surface area contributed by atoms with Crippen LogP contribution in [0.15, 0.2) is 24.4 Å². The van der Waals surface area contributed by atoms with Gasteiger partial charge in [0.25, 0.3) is 5.91 Å². The fraction of sp³-hybridized carbons (Fsp3) is 0.444. The van der Waals surface area contributed by atoms with E-state index in [0.717, 1.165) is 10.9 Å². The second-order valence-corrected chi connectivity index (χ2v) is 6.29. The highest BCUT2D eigenvalue weighted by Gasteiger charge is 2.28. The van der Waals surface area contributed by atoms with Crippen LogP contribution in [0.4, 0.5) is 17.6 Å². The third kappa shape index (κ3) is 7.01. The number of nitrogens with zero attached hydrogens (tertiary/aromatic N) is 3. The Labute approximate surface area is 168 Å². The van der Waals surface area contributed by atoms with Gasteiger partial charge in [0.1, 0.15) is 18.0 Å². The average molecular weight is 432 g/mol. The van der Waals surface area contributed by atoms with Crippen LogP contribution in [-0.2, 0) is 0 Å². The van der Waals surface area contributed by atoms with Crippen molar-refractivity contribution < 1.29 is 37.0 Å². The smallest absolute Gasteiger partial charge is 0.405 e. The van der Waals surface area contributed by atoms with Crippen molar-refractivity contribution in [1.82, 2.24) is 20.3 Å². The van der Waals surface area contributed by atoms with Crippen molar-refractivity contribution in [2.75, 3.05) is 19.8 Å². The molecular weight excluding hydrogens is 412 g/mol. The molecule has 2 rings (SSSR count). The van der Waals surface area contributed by atoms with E-state index in [0.29, 0.717) is 25.7 Å².